The van der Waals surface area contributed by atoms with E-state index < -0.39 is 0 Å². The van der Waals surface area contributed by atoms with Gasteiger partial charge in [-0.3, -0.25) is 19.4 Å². The highest BCUT2D eigenvalue weighted by Gasteiger charge is 2.44. The van der Waals surface area contributed by atoms with Crippen LogP contribution in [0.2, 0.25) is 0 Å². The zero-order valence-electron chi connectivity index (χ0n) is 17.4. The number of hydrogen-bond donors (Lipinski definition) is 2. The fraction of sp³-hybridized carbons (Fsp3) is 0.478. The fourth-order valence-electron chi connectivity index (χ4n) is 4.61. The number of likely N-dealkylation sites (N-methyl/N-ethyl adjacent to an activating group) is 1. The van der Waals surface area contributed by atoms with Gasteiger partial charge in [0.1, 0.15) is 6.04 Å². The Bertz CT molecular complexity index is 842. The molecule has 2 aromatic rings. The van der Waals surface area contributed by atoms with Gasteiger partial charge >= 0.3 is 0 Å². The summed E-state index contributed by atoms with van der Waals surface area (Å²) in [6.07, 6.45) is 2.19. The van der Waals surface area contributed by atoms with Gasteiger partial charge in [-0.2, -0.15) is 0 Å². The summed E-state index contributed by atoms with van der Waals surface area (Å²) in [5, 5.41) is 8.23. The lowest BCUT2D eigenvalue weighted by atomic mass is 10.0. The van der Waals surface area contributed by atoms with Crippen LogP contribution in [-0.2, 0) is 22.7 Å². The molecule has 0 aliphatic carbocycles. The van der Waals surface area contributed by atoms with Crippen molar-refractivity contribution in [3.05, 3.63) is 58.3 Å². The standard InChI is InChI=1S/C23H30N4O2S/c1-26-18(9-10-21(28)24-14-17-6-3-2-4-7-17)15-25-23(29)22-20(26)11-12-27(22)16-19-8-5-13-30-19/h2-8,13,18,20,22H,9-12,14-16H2,1H3,(H,24,28)(H,25,29)/t18-,20+,22-/m0/s1. The molecule has 3 atom stereocenters. The number of amides is 2. The van der Waals surface area contributed by atoms with Gasteiger partial charge in [0.15, 0.2) is 0 Å². The second-order valence-electron chi connectivity index (χ2n) is 8.22. The minimum absolute atomic E-state index is 0.0603. The SMILES string of the molecule is CN1[C@@H](CCC(=O)NCc2ccccc2)CNC(=O)[C@@H]2[C@H]1CCN2Cc1cccs1. The van der Waals surface area contributed by atoms with E-state index >= 15 is 0 Å². The summed E-state index contributed by atoms with van der Waals surface area (Å²) in [6, 6.07) is 14.4. The first-order valence-electron chi connectivity index (χ1n) is 10.7. The predicted octanol–water partition coefficient (Wildman–Crippen LogP) is 2.22. The lowest BCUT2D eigenvalue weighted by Gasteiger charge is -2.33. The molecular formula is C23H30N4O2S. The molecule has 30 heavy (non-hydrogen) atoms. The number of thiophene rings is 1. The maximum absolute atomic E-state index is 12.9. The van der Waals surface area contributed by atoms with Gasteiger partial charge in [-0.1, -0.05) is 36.4 Å². The highest BCUT2D eigenvalue weighted by Crippen LogP contribution is 2.29. The molecule has 2 aliphatic rings. The molecule has 4 rings (SSSR count). The molecule has 1 aromatic carbocycles. The molecule has 1 aromatic heterocycles. The molecular weight excluding hydrogens is 396 g/mol. The maximum atomic E-state index is 12.9. The molecule has 160 valence electrons. The van der Waals surface area contributed by atoms with Crippen LogP contribution in [0.4, 0.5) is 0 Å². The van der Waals surface area contributed by atoms with Gasteiger partial charge in [0.25, 0.3) is 0 Å². The molecule has 0 unspecified atom stereocenters. The number of hydrogen-bond acceptors (Lipinski definition) is 5. The summed E-state index contributed by atoms with van der Waals surface area (Å²) >= 11 is 1.74. The van der Waals surface area contributed by atoms with Crippen molar-refractivity contribution in [3.8, 4) is 0 Å². The first kappa shape index (κ1) is 21.0. The van der Waals surface area contributed by atoms with Crippen molar-refractivity contribution < 1.29 is 9.59 Å². The normalized spacial score (nSPS) is 24.8. The zero-order valence-corrected chi connectivity index (χ0v) is 18.2. The van der Waals surface area contributed by atoms with Gasteiger partial charge in [0, 0.05) is 49.6 Å². The Kier molecular flexibility index (Phi) is 6.82. The Morgan fingerprint density at radius 2 is 2.07 bits per heavy atom. The van der Waals surface area contributed by atoms with E-state index in [1.54, 1.807) is 11.3 Å². The Balaban J connectivity index is 1.31. The molecule has 0 radical (unpaired) electrons. The second kappa shape index (κ2) is 9.73. The van der Waals surface area contributed by atoms with Crippen LogP contribution in [0.1, 0.15) is 29.7 Å². The largest absolute Gasteiger partial charge is 0.353 e. The average molecular weight is 427 g/mol. The van der Waals surface area contributed by atoms with Crippen molar-refractivity contribution in [2.45, 2.75) is 50.5 Å². The second-order valence-corrected chi connectivity index (χ2v) is 9.25. The molecule has 3 heterocycles. The molecule has 2 aliphatic heterocycles. The minimum Gasteiger partial charge on any atom is -0.353 e. The smallest absolute Gasteiger partial charge is 0.239 e. The van der Waals surface area contributed by atoms with Gasteiger partial charge < -0.3 is 10.6 Å². The third kappa shape index (κ3) is 4.91. The number of rotatable bonds is 7. The van der Waals surface area contributed by atoms with Gasteiger partial charge in [-0.25, -0.2) is 0 Å². The summed E-state index contributed by atoms with van der Waals surface area (Å²) in [6.45, 7) is 2.91. The molecule has 0 bridgehead atoms. The van der Waals surface area contributed by atoms with Gasteiger partial charge in [0.05, 0.1) is 0 Å². The van der Waals surface area contributed by atoms with Gasteiger partial charge in [0.2, 0.25) is 11.8 Å². The van der Waals surface area contributed by atoms with Crippen LogP contribution in [0.15, 0.2) is 47.8 Å². The average Bonchev–Trinajstić information content (AvgIpc) is 3.40. The van der Waals surface area contributed by atoms with Crippen molar-refractivity contribution in [1.29, 1.82) is 0 Å². The Hall–Kier alpha value is -2.22. The van der Waals surface area contributed by atoms with Crippen LogP contribution in [0.5, 0.6) is 0 Å². The first-order valence-corrected chi connectivity index (χ1v) is 11.6. The number of carbonyl (C=O) groups excluding carboxylic acids is 2. The fourth-order valence-corrected chi connectivity index (χ4v) is 5.34. The van der Waals surface area contributed by atoms with E-state index in [1.807, 2.05) is 30.3 Å². The number of likely N-dealkylation sites (tertiary alicyclic amines) is 1. The maximum Gasteiger partial charge on any atom is 0.239 e. The molecule has 6 nitrogen and oxygen atoms in total. The summed E-state index contributed by atoms with van der Waals surface area (Å²) in [5.41, 5.74) is 1.10. The van der Waals surface area contributed by atoms with E-state index in [1.165, 1.54) is 4.88 Å². The molecule has 2 N–H and O–H groups in total. The Labute approximate surface area is 182 Å². The molecule has 7 heteroatoms. The van der Waals surface area contributed by atoms with Crippen LogP contribution in [0.25, 0.3) is 0 Å². The van der Waals surface area contributed by atoms with Gasteiger partial charge in [-0.15, -0.1) is 11.3 Å². The Morgan fingerprint density at radius 1 is 1.23 bits per heavy atom. The third-order valence-electron chi connectivity index (χ3n) is 6.33. The highest BCUT2D eigenvalue weighted by atomic mass is 32.1. The van der Waals surface area contributed by atoms with Crippen LogP contribution >= 0.6 is 11.3 Å². The van der Waals surface area contributed by atoms with Crippen LogP contribution in [0.3, 0.4) is 0 Å². The number of fused-ring (bicyclic) bond motifs is 1. The number of benzene rings is 1. The van der Waals surface area contributed by atoms with Crippen molar-refractivity contribution >= 4 is 23.2 Å². The molecule has 2 saturated heterocycles. The summed E-state index contributed by atoms with van der Waals surface area (Å²) in [4.78, 5) is 31.1. The van der Waals surface area contributed by atoms with Crippen molar-refractivity contribution in [2.75, 3.05) is 20.1 Å². The number of nitrogens with one attached hydrogen (secondary N) is 2. The molecule has 0 spiro atoms. The van der Waals surface area contributed by atoms with E-state index in [-0.39, 0.29) is 29.9 Å². The van der Waals surface area contributed by atoms with E-state index in [4.69, 9.17) is 0 Å². The molecule has 2 amide bonds. The van der Waals surface area contributed by atoms with E-state index in [0.29, 0.717) is 19.5 Å². The van der Waals surface area contributed by atoms with Gasteiger partial charge in [-0.05, 0) is 36.9 Å². The van der Waals surface area contributed by atoms with Crippen molar-refractivity contribution in [1.82, 2.24) is 20.4 Å². The summed E-state index contributed by atoms with van der Waals surface area (Å²) in [7, 11) is 2.11. The summed E-state index contributed by atoms with van der Waals surface area (Å²) in [5.74, 6) is 0.182. The Morgan fingerprint density at radius 3 is 2.83 bits per heavy atom. The first-order chi connectivity index (χ1) is 14.6. The number of carbonyl (C=O) groups is 2. The van der Waals surface area contributed by atoms with Crippen molar-refractivity contribution in [2.24, 2.45) is 0 Å². The minimum atomic E-state index is -0.117. The van der Waals surface area contributed by atoms with Crippen LogP contribution in [-0.4, -0.2) is 59.9 Å². The molecule has 2 fully saturated rings. The van der Waals surface area contributed by atoms with Crippen LogP contribution < -0.4 is 10.6 Å². The van der Waals surface area contributed by atoms with E-state index in [2.05, 4.69) is 45.0 Å². The van der Waals surface area contributed by atoms with E-state index in [0.717, 1.165) is 31.5 Å². The van der Waals surface area contributed by atoms with E-state index in [9.17, 15) is 9.59 Å². The lowest BCUT2D eigenvalue weighted by Crippen LogP contribution is -2.49. The predicted molar refractivity (Wildman–Crippen MR) is 119 cm³/mol. The lowest BCUT2D eigenvalue weighted by molar-refractivity contribution is -0.126. The number of nitrogens with zero attached hydrogens (tertiary/aromatic N) is 2. The monoisotopic (exact) mass is 426 g/mol. The highest BCUT2D eigenvalue weighted by molar-refractivity contribution is 7.09. The third-order valence-corrected chi connectivity index (χ3v) is 7.19. The summed E-state index contributed by atoms with van der Waals surface area (Å²) < 4.78 is 0. The molecule has 0 saturated carbocycles. The topological polar surface area (TPSA) is 64.7 Å². The van der Waals surface area contributed by atoms with Crippen molar-refractivity contribution in [3.63, 3.8) is 0 Å². The quantitative estimate of drug-likeness (QED) is 0.713. The van der Waals surface area contributed by atoms with Crippen LogP contribution in [0, 0.1) is 0 Å². The zero-order chi connectivity index (χ0) is 20.9.